The molecule has 0 aromatic rings. The molecule has 2 nitrogen and oxygen atoms in total. The van der Waals surface area contributed by atoms with Crippen LogP contribution in [0.1, 0.15) is 278 Å². The molecule has 298 valence electrons. The van der Waals surface area contributed by atoms with Crippen molar-refractivity contribution in [3.63, 3.8) is 0 Å². The SMILES string of the molecule is CCCCCCCCCCCCCCCCCN1C=CN(CCCCCCCCCCCCCCCCC)C1CCCCCCCCCCC. The van der Waals surface area contributed by atoms with E-state index in [1.54, 1.807) is 0 Å². The summed E-state index contributed by atoms with van der Waals surface area (Å²) in [5.41, 5.74) is 0. The summed E-state index contributed by atoms with van der Waals surface area (Å²) >= 11 is 0. The lowest BCUT2D eigenvalue weighted by molar-refractivity contribution is 0.135. The van der Waals surface area contributed by atoms with Crippen LogP contribution in [-0.2, 0) is 0 Å². The Morgan fingerprint density at radius 1 is 0.260 bits per heavy atom. The topological polar surface area (TPSA) is 6.48 Å². The summed E-state index contributed by atoms with van der Waals surface area (Å²) in [6.07, 6.45) is 63.4. The first-order valence-electron chi connectivity index (χ1n) is 24.0. The standard InChI is InChI=1S/C48H96N2/c1-4-7-10-13-16-19-21-23-25-27-29-32-35-38-41-44-49-46-47-50(48(49)43-40-37-34-31-18-15-12-9-6-3)45-42-39-36-33-30-28-26-24-22-20-17-14-11-8-5-2/h46-48H,4-45H2,1-3H3. The maximum atomic E-state index is 2.73. The van der Waals surface area contributed by atoms with Crippen LogP contribution < -0.4 is 0 Å². The van der Waals surface area contributed by atoms with Crippen LogP contribution in [0.15, 0.2) is 12.4 Å². The third-order valence-corrected chi connectivity index (χ3v) is 11.8. The maximum Gasteiger partial charge on any atom is 0.101 e. The first-order valence-corrected chi connectivity index (χ1v) is 24.0. The fraction of sp³-hybridized carbons (Fsp3) is 0.958. The highest BCUT2D eigenvalue weighted by Crippen LogP contribution is 2.24. The van der Waals surface area contributed by atoms with E-state index >= 15 is 0 Å². The van der Waals surface area contributed by atoms with Crippen molar-refractivity contribution in [1.82, 2.24) is 9.80 Å². The van der Waals surface area contributed by atoms with E-state index in [0.29, 0.717) is 6.17 Å². The molecule has 1 rings (SSSR count). The van der Waals surface area contributed by atoms with Gasteiger partial charge in [0.15, 0.2) is 0 Å². The molecule has 0 amide bonds. The average molecular weight is 701 g/mol. The molecule has 0 N–H and O–H groups in total. The maximum absolute atomic E-state index is 2.73. The van der Waals surface area contributed by atoms with Crippen molar-refractivity contribution in [2.24, 2.45) is 0 Å². The second-order valence-electron chi connectivity index (χ2n) is 16.8. The number of hydrogen-bond donors (Lipinski definition) is 0. The van der Waals surface area contributed by atoms with Gasteiger partial charge in [-0.3, -0.25) is 0 Å². The molecule has 0 aromatic heterocycles. The third-order valence-electron chi connectivity index (χ3n) is 11.8. The van der Waals surface area contributed by atoms with E-state index in [1.807, 2.05) is 0 Å². The summed E-state index contributed by atoms with van der Waals surface area (Å²) in [7, 11) is 0. The molecule has 1 aliphatic rings. The van der Waals surface area contributed by atoms with Gasteiger partial charge in [-0.25, -0.2) is 0 Å². The summed E-state index contributed by atoms with van der Waals surface area (Å²) < 4.78 is 0. The third kappa shape index (κ3) is 30.9. The van der Waals surface area contributed by atoms with Crippen molar-refractivity contribution in [2.45, 2.75) is 284 Å². The molecule has 0 saturated heterocycles. The molecule has 0 spiro atoms. The molecule has 0 atom stereocenters. The van der Waals surface area contributed by atoms with Gasteiger partial charge in [-0.1, -0.05) is 252 Å². The second kappa shape index (κ2) is 39.5. The number of hydrogen-bond acceptors (Lipinski definition) is 2. The van der Waals surface area contributed by atoms with Gasteiger partial charge < -0.3 is 9.80 Å². The van der Waals surface area contributed by atoms with Crippen molar-refractivity contribution in [3.8, 4) is 0 Å². The predicted molar refractivity (Wildman–Crippen MR) is 228 cm³/mol. The van der Waals surface area contributed by atoms with E-state index < -0.39 is 0 Å². The van der Waals surface area contributed by atoms with Gasteiger partial charge in [0.05, 0.1) is 0 Å². The fourth-order valence-corrected chi connectivity index (χ4v) is 8.31. The molecule has 0 saturated carbocycles. The van der Waals surface area contributed by atoms with Crippen LogP contribution in [0.5, 0.6) is 0 Å². The van der Waals surface area contributed by atoms with Gasteiger partial charge in [-0.2, -0.15) is 0 Å². The minimum Gasteiger partial charge on any atom is -0.356 e. The van der Waals surface area contributed by atoms with Crippen molar-refractivity contribution in [1.29, 1.82) is 0 Å². The molecular weight excluding hydrogens is 605 g/mol. The average Bonchev–Trinajstić information content (AvgIpc) is 3.51. The lowest BCUT2D eigenvalue weighted by atomic mass is 10.0. The zero-order chi connectivity index (χ0) is 35.8. The van der Waals surface area contributed by atoms with Crippen LogP contribution in [0.3, 0.4) is 0 Å². The molecule has 0 unspecified atom stereocenters. The lowest BCUT2D eigenvalue weighted by Crippen LogP contribution is -2.39. The van der Waals surface area contributed by atoms with Gasteiger partial charge in [-0.15, -0.1) is 0 Å². The Morgan fingerprint density at radius 3 is 0.700 bits per heavy atom. The zero-order valence-electron chi connectivity index (χ0n) is 35.3. The molecular formula is C48H96N2. The van der Waals surface area contributed by atoms with Crippen molar-refractivity contribution >= 4 is 0 Å². The number of rotatable bonds is 42. The fourth-order valence-electron chi connectivity index (χ4n) is 8.31. The Labute approximate surface area is 318 Å². The normalized spacial score (nSPS) is 13.4. The number of unbranched alkanes of at least 4 members (excludes halogenated alkanes) is 36. The van der Waals surface area contributed by atoms with Crippen LogP contribution in [0, 0.1) is 0 Å². The van der Waals surface area contributed by atoms with E-state index in [1.165, 1.54) is 270 Å². The Kier molecular flexibility index (Phi) is 37.5. The highest BCUT2D eigenvalue weighted by molar-refractivity contribution is 4.97. The molecule has 1 aliphatic heterocycles. The Balaban J connectivity index is 2.16. The molecule has 1 heterocycles. The van der Waals surface area contributed by atoms with E-state index in [-0.39, 0.29) is 0 Å². The zero-order valence-corrected chi connectivity index (χ0v) is 35.3. The summed E-state index contributed by atoms with van der Waals surface area (Å²) in [6, 6.07) is 0. The minimum atomic E-state index is 0.637. The quantitative estimate of drug-likeness (QED) is 0.0585. The summed E-state index contributed by atoms with van der Waals surface area (Å²) in [5.74, 6) is 0. The van der Waals surface area contributed by atoms with Gasteiger partial charge in [0.2, 0.25) is 0 Å². The van der Waals surface area contributed by atoms with E-state index in [9.17, 15) is 0 Å². The van der Waals surface area contributed by atoms with E-state index in [2.05, 4.69) is 43.0 Å². The summed E-state index contributed by atoms with van der Waals surface area (Å²) in [6.45, 7) is 9.49. The van der Waals surface area contributed by atoms with E-state index in [0.717, 1.165) is 0 Å². The molecule has 0 bridgehead atoms. The second-order valence-corrected chi connectivity index (χ2v) is 16.8. The van der Waals surface area contributed by atoms with Crippen LogP contribution in [0.25, 0.3) is 0 Å². The van der Waals surface area contributed by atoms with Crippen molar-refractivity contribution in [3.05, 3.63) is 12.4 Å². The molecule has 0 radical (unpaired) electrons. The van der Waals surface area contributed by atoms with Crippen LogP contribution in [0.4, 0.5) is 0 Å². The smallest absolute Gasteiger partial charge is 0.101 e. The van der Waals surface area contributed by atoms with Gasteiger partial charge in [0, 0.05) is 25.5 Å². The van der Waals surface area contributed by atoms with Crippen molar-refractivity contribution < 1.29 is 0 Å². The number of nitrogens with zero attached hydrogens (tertiary/aromatic N) is 2. The first-order chi connectivity index (χ1) is 24.8. The monoisotopic (exact) mass is 701 g/mol. The first kappa shape index (κ1) is 47.4. The van der Waals surface area contributed by atoms with Crippen LogP contribution >= 0.6 is 0 Å². The molecule has 50 heavy (non-hydrogen) atoms. The Hall–Kier alpha value is -0.660. The molecule has 0 fully saturated rings. The Morgan fingerprint density at radius 2 is 0.460 bits per heavy atom. The van der Waals surface area contributed by atoms with Gasteiger partial charge in [0.25, 0.3) is 0 Å². The van der Waals surface area contributed by atoms with Crippen LogP contribution in [0.2, 0.25) is 0 Å². The molecule has 2 heteroatoms. The molecule has 0 aliphatic carbocycles. The highest BCUT2D eigenvalue weighted by Gasteiger charge is 2.24. The minimum absolute atomic E-state index is 0.637. The highest BCUT2D eigenvalue weighted by atomic mass is 15.4. The van der Waals surface area contributed by atoms with E-state index in [4.69, 9.17) is 0 Å². The summed E-state index contributed by atoms with van der Waals surface area (Å²) in [4.78, 5) is 5.47. The van der Waals surface area contributed by atoms with Gasteiger partial charge in [0.1, 0.15) is 6.17 Å². The molecule has 0 aromatic carbocycles. The van der Waals surface area contributed by atoms with Crippen LogP contribution in [-0.4, -0.2) is 29.1 Å². The predicted octanol–water partition coefficient (Wildman–Crippen LogP) is 17.1. The van der Waals surface area contributed by atoms with Gasteiger partial charge in [-0.05, 0) is 25.7 Å². The van der Waals surface area contributed by atoms with Crippen molar-refractivity contribution in [2.75, 3.05) is 13.1 Å². The largest absolute Gasteiger partial charge is 0.356 e. The van der Waals surface area contributed by atoms with Gasteiger partial charge >= 0.3 is 0 Å². The lowest BCUT2D eigenvalue weighted by Gasteiger charge is -2.33. The Bertz CT molecular complexity index is 615. The summed E-state index contributed by atoms with van der Waals surface area (Å²) in [5, 5.41) is 0.